The van der Waals surface area contributed by atoms with Crippen molar-refractivity contribution in [1.29, 1.82) is 0 Å². The van der Waals surface area contributed by atoms with Crippen molar-refractivity contribution in [1.82, 2.24) is 14.5 Å². The van der Waals surface area contributed by atoms with E-state index in [4.69, 9.17) is 16.3 Å². The predicted octanol–water partition coefficient (Wildman–Crippen LogP) is 4.32. The molecular weight excluding hydrogens is 466 g/mol. The normalized spacial score (nSPS) is 15.6. The average Bonchev–Trinajstić information content (AvgIpc) is 2.86. The van der Waals surface area contributed by atoms with Crippen LogP contribution in [0, 0.1) is 12.8 Å². The molecule has 1 N–H and O–H groups in total. The summed E-state index contributed by atoms with van der Waals surface area (Å²) in [5.74, 6) is -0.426. The lowest BCUT2D eigenvalue weighted by Crippen LogP contribution is -2.42. The maximum Gasteiger partial charge on any atom is 0.309 e. The Morgan fingerprint density at radius 2 is 1.91 bits per heavy atom. The molecule has 2 aromatic heterocycles. The number of pyridine rings is 2. The fourth-order valence-corrected chi connectivity index (χ4v) is 5.00. The van der Waals surface area contributed by atoms with E-state index < -0.39 is 6.04 Å². The Morgan fingerprint density at radius 3 is 2.57 bits per heavy atom. The third kappa shape index (κ3) is 5.41. The quantitative estimate of drug-likeness (QED) is 0.491. The third-order valence-corrected chi connectivity index (χ3v) is 6.90. The topological polar surface area (TPSA) is 84.7 Å². The summed E-state index contributed by atoms with van der Waals surface area (Å²) in [6.07, 6.45) is 2.90. The zero-order valence-corrected chi connectivity index (χ0v) is 20.7. The SMILES string of the molecule is CCOC(=O)C1CCN([C@H](c2ccccc2Cl)c2c(O)cc(C)n(Cc3ccccn3)c2=O)CC1. The van der Waals surface area contributed by atoms with Crippen molar-refractivity contribution in [3.8, 4) is 5.75 Å². The van der Waals surface area contributed by atoms with Crippen LogP contribution in [0.4, 0.5) is 0 Å². The maximum atomic E-state index is 13.9. The highest BCUT2D eigenvalue weighted by Crippen LogP contribution is 2.38. The lowest BCUT2D eigenvalue weighted by molar-refractivity contribution is -0.149. The van der Waals surface area contributed by atoms with E-state index in [0.717, 1.165) is 11.3 Å². The number of rotatable bonds is 7. The number of hydrogen-bond acceptors (Lipinski definition) is 6. The highest BCUT2D eigenvalue weighted by atomic mass is 35.5. The molecule has 0 saturated carbocycles. The third-order valence-electron chi connectivity index (χ3n) is 6.56. The van der Waals surface area contributed by atoms with Gasteiger partial charge >= 0.3 is 5.97 Å². The van der Waals surface area contributed by atoms with E-state index in [2.05, 4.69) is 9.88 Å². The van der Waals surface area contributed by atoms with Gasteiger partial charge in [-0.1, -0.05) is 35.9 Å². The minimum atomic E-state index is -0.560. The minimum Gasteiger partial charge on any atom is -0.507 e. The Hall–Kier alpha value is -3.16. The zero-order chi connectivity index (χ0) is 24.9. The Labute approximate surface area is 209 Å². The first-order valence-corrected chi connectivity index (χ1v) is 12.3. The van der Waals surface area contributed by atoms with Gasteiger partial charge in [-0.15, -0.1) is 0 Å². The van der Waals surface area contributed by atoms with Crippen molar-refractivity contribution in [3.63, 3.8) is 0 Å². The van der Waals surface area contributed by atoms with Gasteiger partial charge in [0.1, 0.15) is 5.75 Å². The van der Waals surface area contributed by atoms with Gasteiger partial charge in [0.2, 0.25) is 0 Å². The second kappa shape index (κ2) is 11.1. The second-order valence-corrected chi connectivity index (χ2v) is 9.19. The molecule has 0 radical (unpaired) electrons. The van der Waals surface area contributed by atoms with Crippen LogP contribution in [-0.4, -0.2) is 45.2 Å². The number of carbonyl (C=O) groups excluding carboxylic acids is 1. The van der Waals surface area contributed by atoms with Gasteiger partial charge in [-0.05, 0) is 69.6 Å². The lowest BCUT2D eigenvalue weighted by Gasteiger charge is -2.37. The fraction of sp³-hybridized carbons (Fsp3) is 0.370. The van der Waals surface area contributed by atoms with Crippen molar-refractivity contribution >= 4 is 17.6 Å². The molecule has 0 aliphatic carbocycles. The van der Waals surface area contributed by atoms with Crippen LogP contribution in [0.15, 0.2) is 59.5 Å². The van der Waals surface area contributed by atoms with Crippen molar-refractivity contribution in [3.05, 3.63) is 92.6 Å². The summed E-state index contributed by atoms with van der Waals surface area (Å²) in [7, 11) is 0. The highest BCUT2D eigenvalue weighted by molar-refractivity contribution is 6.31. The number of hydrogen-bond donors (Lipinski definition) is 1. The first kappa shape index (κ1) is 24.9. The zero-order valence-electron chi connectivity index (χ0n) is 20.0. The lowest BCUT2D eigenvalue weighted by atomic mass is 9.91. The van der Waals surface area contributed by atoms with Crippen molar-refractivity contribution in [2.45, 2.75) is 39.3 Å². The number of aryl methyl sites for hydroxylation is 1. The van der Waals surface area contributed by atoms with Crippen LogP contribution in [0.25, 0.3) is 0 Å². The number of aromatic hydroxyl groups is 1. The average molecular weight is 496 g/mol. The Kier molecular flexibility index (Phi) is 7.88. The number of halogens is 1. The minimum absolute atomic E-state index is 0.0674. The number of piperidine rings is 1. The second-order valence-electron chi connectivity index (χ2n) is 8.78. The molecule has 3 aromatic rings. The molecule has 8 heteroatoms. The Morgan fingerprint density at radius 1 is 1.20 bits per heavy atom. The van der Waals surface area contributed by atoms with Crippen molar-refractivity contribution in [2.24, 2.45) is 5.92 Å². The van der Waals surface area contributed by atoms with Gasteiger partial charge in [-0.25, -0.2) is 0 Å². The van der Waals surface area contributed by atoms with Crippen LogP contribution in [0.5, 0.6) is 5.75 Å². The molecular formula is C27H30ClN3O4. The number of aromatic nitrogens is 2. The Balaban J connectivity index is 1.76. The summed E-state index contributed by atoms with van der Waals surface area (Å²) in [4.78, 5) is 32.6. The van der Waals surface area contributed by atoms with E-state index in [1.54, 1.807) is 36.7 Å². The van der Waals surface area contributed by atoms with E-state index in [0.29, 0.717) is 49.8 Å². The number of ether oxygens (including phenoxy) is 1. The van der Waals surface area contributed by atoms with Gasteiger partial charge in [0.15, 0.2) is 0 Å². The molecule has 0 spiro atoms. The van der Waals surface area contributed by atoms with Gasteiger partial charge in [0.05, 0.1) is 36.4 Å². The van der Waals surface area contributed by atoms with Crippen LogP contribution >= 0.6 is 11.6 Å². The van der Waals surface area contributed by atoms with E-state index >= 15 is 0 Å². The number of likely N-dealkylation sites (tertiary alicyclic amines) is 1. The summed E-state index contributed by atoms with van der Waals surface area (Å²) >= 11 is 6.61. The standard InChI is InChI=1S/C27H30ClN3O4/c1-3-35-27(34)19-11-14-30(15-12-19)25(21-9-4-5-10-22(21)28)24-23(32)16-18(2)31(26(24)33)17-20-8-6-7-13-29-20/h4-10,13,16,19,25,32H,3,11-12,14-15,17H2,1-2H3/t25-/m1/s1. The van der Waals surface area contributed by atoms with Crippen LogP contribution < -0.4 is 5.56 Å². The predicted molar refractivity (Wildman–Crippen MR) is 135 cm³/mol. The van der Waals surface area contributed by atoms with Crippen molar-refractivity contribution in [2.75, 3.05) is 19.7 Å². The molecule has 3 heterocycles. The molecule has 4 rings (SSSR count). The van der Waals surface area contributed by atoms with Gasteiger partial charge in [0.25, 0.3) is 5.56 Å². The summed E-state index contributed by atoms with van der Waals surface area (Å²) < 4.78 is 6.84. The molecule has 0 bridgehead atoms. The van der Waals surface area contributed by atoms with Gasteiger partial charge in [-0.2, -0.15) is 0 Å². The number of esters is 1. The molecule has 1 atom stereocenters. The maximum absolute atomic E-state index is 13.9. The summed E-state index contributed by atoms with van der Waals surface area (Å²) in [6, 6.07) is 14.0. The first-order chi connectivity index (χ1) is 16.9. The summed E-state index contributed by atoms with van der Waals surface area (Å²) in [6.45, 7) is 5.37. The monoisotopic (exact) mass is 495 g/mol. The number of carbonyl (C=O) groups is 1. The summed E-state index contributed by atoms with van der Waals surface area (Å²) in [5.41, 5.74) is 2.11. The van der Waals surface area contributed by atoms with Crippen LogP contribution in [-0.2, 0) is 16.1 Å². The smallest absolute Gasteiger partial charge is 0.309 e. The number of benzene rings is 1. The molecule has 1 aliphatic rings. The highest BCUT2D eigenvalue weighted by Gasteiger charge is 2.35. The summed E-state index contributed by atoms with van der Waals surface area (Å²) in [5, 5.41) is 11.6. The molecule has 0 unspecified atom stereocenters. The van der Waals surface area contributed by atoms with Gasteiger partial charge in [-0.3, -0.25) is 19.5 Å². The molecule has 0 amide bonds. The molecule has 1 saturated heterocycles. The van der Waals surface area contributed by atoms with E-state index in [9.17, 15) is 14.7 Å². The molecule has 1 aliphatic heterocycles. The first-order valence-electron chi connectivity index (χ1n) is 11.9. The van der Waals surface area contributed by atoms with Crippen LogP contribution in [0.3, 0.4) is 0 Å². The van der Waals surface area contributed by atoms with Gasteiger partial charge < -0.3 is 14.4 Å². The molecule has 7 nitrogen and oxygen atoms in total. The largest absolute Gasteiger partial charge is 0.507 e. The van der Waals surface area contributed by atoms with Crippen LogP contribution in [0.2, 0.25) is 5.02 Å². The number of nitrogens with zero attached hydrogens (tertiary/aromatic N) is 3. The Bertz CT molecular complexity index is 1240. The fourth-order valence-electron chi connectivity index (χ4n) is 4.76. The molecule has 184 valence electrons. The van der Waals surface area contributed by atoms with Gasteiger partial charge in [0, 0.05) is 16.9 Å². The van der Waals surface area contributed by atoms with E-state index in [1.165, 1.54) is 0 Å². The molecule has 35 heavy (non-hydrogen) atoms. The van der Waals surface area contributed by atoms with Crippen LogP contribution in [0.1, 0.15) is 48.3 Å². The molecule has 1 fully saturated rings. The van der Waals surface area contributed by atoms with E-state index in [1.807, 2.05) is 36.4 Å². The van der Waals surface area contributed by atoms with Crippen molar-refractivity contribution < 1.29 is 14.6 Å². The molecule has 1 aromatic carbocycles. The van der Waals surface area contributed by atoms with E-state index in [-0.39, 0.29) is 28.8 Å².